The van der Waals surface area contributed by atoms with Crippen molar-refractivity contribution >= 4 is 17.6 Å². The van der Waals surface area contributed by atoms with Gasteiger partial charge in [-0.25, -0.2) is 10.2 Å². The first-order valence-electron chi connectivity index (χ1n) is 4.02. The molecular weight excluding hydrogens is 220 g/mol. The van der Waals surface area contributed by atoms with E-state index in [9.17, 15) is 14.9 Å². The van der Waals surface area contributed by atoms with Crippen LogP contribution in [0.3, 0.4) is 0 Å². The second-order valence-electron chi connectivity index (χ2n) is 2.59. The lowest BCUT2D eigenvalue weighted by Gasteiger charge is -1.98. The van der Waals surface area contributed by atoms with E-state index in [-0.39, 0.29) is 11.5 Å². The summed E-state index contributed by atoms with van der Waals surface area (Å²) in [5.41, 5.74) is 6.54. The second kappa shape index (κ2) is 4.89. The molecule has 0 aliphatic rings. The third kappa shape index (κ3) is 2.78. The number of aliphatic hydroxyl groups is 1. The minimum Gasteiger partial charge on any atom is -0.399 e. The van der Waals surface area contributed by atoms with Gasteiger partial charge >= 0.3 is 11.9 Å². The summed E-state index contributed by atoms with van der Waals surface area (Å²) < 4.78 is 4.75. The molecule has 2 amide bonds. The summed E-state index contributed by atoms with van der Waals surface area (Å²) in [6.45, 7) is -0.565. The number of nitrogens with zero attached hydrogens (tertiary/aromatic N) is 2. The number of carbonyl (C=O) groups excluding carboxylic acids is 1. The first kappa shape index (κ1) is 11.7. The van der Waals surface area contributed by atoms with Crippen LogP contribution in [0.4, 0.5) is 10.7 Å². The van der Waals surface area contributed by atoms with Crippen molar-refractivity contribution in [2.75, 3.05) is 6.61 Å². The van der Waals surface area contributed by atoms with Gasteiger partial charge in [0.15, 0.2) is 5.76 Å². The summed E-state index contributed by atoms with van der Waals surface area (Å²) in [6.07, 6.45) is 0. The number of hydrogen-bond donors (Lipinski definition) is 3. The van der Waals surface area contributed by atoms with E-state index in [4.69, 9.17) is 15.3 Å². The third-order valence-electron chi connectivity index (χ3n) is 1.51. The molecule has 0 fully saturated rings. The highest BCUT2D eigenvalue weighted by atomic mass is 16.6. The van der Waals surface area contributed by atoms with Gasteiger partial charge in [0.1, 0.15) is 10.6 Å². The number of rotatable bonds is 4. The van der Waals surface area contributed by atoms with Crippen LogP contribution in [-0.4, -0.2) is 28.4 Å². The van der Waals surface area contributed by atoms with Gasteiger partial charge in [0.05, 0.1) is 12.7 Å². The van der Waals surface area contributed by atoms with Crippen LogP contribution in [0.2, 0.25) is 0 Å². The number of hydrogen-bond acceptors (Lipinski definition) is 6. The van der Waals surface area contributed by atoms with Crippen molar-refractivity contribution in [2.24, 2.45) is 10.8 Å². The molecule has 9 heteroatoms. The number of urea groups is 1. The molecule has 0 saturated carbocycles. The standard InChI is InChI=1S/C7H8N4O5/c8-7(13)10-9-4(3-12)5-1-2-6(16-5)11(14)15/h1-2,12H,3H2,(H3,8,10,13)/b9-4+. The van der Waals surface area contributed by atoms with Crippen molar-refractivity contribution in [1.82, 2.24) is 5.43 Å². The van der Waals surface area contributed by atoms with Crippen LogP contribution in [0.5, 0.6) is 0 Å². The number of amides is 2. The van der Waals surface area contributed by atoms with Gasteiger partial charge in [-0.3, -0.25) is 10.1 Å². The molecule has 0 unspecified atom stereocenters. The van der Waals surface area contributed by atoms with E-state index >= 15 is 0 Å². The maximum Gasteiger partial charge on any atom is 0.433 e. The quantitative estimate of drug-likeness (QED) is 0.363. The molecule has 16 heavy (non-hydrogen) atoms. The van der Waals surface area contributed by atoms with Gasteiger partial charge < -0.3 is 15.3 Å². The Bertz CT molecular complexity index is 438. The average Bonchev–Trinajstić information content (AvgIpc) is 2.67. The highest BCUT2D eigenvalue weighted by Crippen LogP contribution is 2.16. The van der Waals surface area contributed by atoms with Crippen LogP contribution in [0.25, 0.3) is 0 Å². The molecule has 0 aliphatic carbocycles. The molecule has 0 radical (unpaired) electrons. The normalized spacial score (nSPS) is 11.2. The number of furan rings is 1. The topological polar surface area (TPSA) is 144 Å². The van der Waals surface area contributed by atoms with Gasteiger partial charge in [-0.1, -0.05) is 0 Å². The Kier molecular flexibility index (Phi) is 3.56. The maximum absolute atomic E-state index is 10.3. The molecule has 0 aliphatic heterocycles. The molecule has 0 atom stereocenters. The largest absolute Gasteiger partial charge is 0.433 e. The molecular formula is C7H8N4O5. The Morgan fingerprint density at radius 2 is 2.38 bits per heavy atom. The number of carbonyl (C=O) groups is 1. The molecule has 0 bridgehead atoms. The van der Waals surface area contributed by atoms with Gasteiger partial charge in [-0.05, 0) is 6.07 Å². The fourth-order valence-corrected chi connectivity index (χ4v) is 0.872. The molecule has 1 aromatic rings. The van der Waals surface area contributed by atoms with E-state index in [2.05, 4.69) is 5.10 Å². The molecule has 1 rings (SSSR count). The number of nitrogens with one attached hydrogen (secondary N) is 1. The summed E-state index contributed by atoms with van der Waals surface area (Å²) in [5.74, 6) is -0.516. The van der Waals surface area contributed by atoms with Crippen LogP contribution in [0.1, 0.15) is 5.76 Å². The molecule has 0 aromatic carbocycles. The van der Waals surface area contributed by atoms with Gasteiger partial charge in [0.25, 0.3) is 0 Å². The van der Waals surface area contributed by atoms with Gasteiger partial charge in [-0.2, -0.15) is 5.10 Å². The lowest BCUT2D eigenvalue weighted by Crippen LogP contribution is -2.26. The van der Waals surface area contributed by atoms with Crippen molar-refractivity contribution in [3.05, 3.63) is 28.0 Å². The molecule has 1 aromatic heterocycles. The van der Waals surface area contributed by atoms with E-state index in [0.717, 1.165) is 6.07 Å². The summed E-state index contributed by atoms with van der Waals surface area (Å²) in [5, 5.41) is 22.6. The molecule has 1 heterocycles. The fraction of sp³-hybridized carbons (Fsp3) is 0.143. The summed E-state index contributed by atoms with van der Waals surface area (Å²) in [4.78, 5) is 19.9. The second-order valence-corrected chi connectivity index (χ2v) is 2.59. The SMILES string of the molecule is NC(=O)N/N=C(\CO)c1ccc([N+](=O)[O-])o1. The highest BCUT2D eigenvalue weighted by molar-refractivity contribution is 5.99. The van der Waals surface area contributed by atoms with Crippen LogP contribution in [0.15, 0.2) is 21.7 Å². The third-order valence-corrected chi connectivity index (χ3v) is 1.51. The molecule has 0 spiro atoms. The lowest BCUT2D eigenvalue weighted by atomic mass is 10.3. The van der Waals surface area contributed by atoms with Crippen molar-refractivity contribution in [1.29, 1.82) is 0 Å². The van der Waals surface area contributed by atoms with Crippen molar-refractivity contribution in [2.45, 2.75) is 0 Å². The van der Waals surface area contributed by atoms with Crippen LogP contribution >= 0.6 is 0 Å². The zero-order valence-electron chi connectivity index (χ0n) is 7.91. The smallest absolute Gasteiger partial charge is 0.399 e. The van der Waals surface area contributed by atoms with E-state index < -0.39 is 23.4 Å². The Morgan fingerprint density at radius 1 is 1.69 bits per heavy atom. The zero-order chi connectivity index (χ0) is 12.1. The van der Waals surface area contributed by atoms with E-state index in [1.807, 2.05) is 5.43 Å². The first-order chi connectivity index (χ1) is 7.54. The Morgan fingerprint density at radius 3 is 2.81 bits per heavy atom. The van der Waals surface area contributed by atoms with E-state index in [1.165, 1.54) is 6.07 Å². The molecule has 4 N–H and O–H groups in total. The molecule has 86 valence electrons. The Balaban J connectivity index is 2.90. The Labute approximate surface area is 88.7 Å². The number of nitro groups is 1. The van der Waals surface area contributed by atoms with Crippen molar-refractivity contribution in [3.63, 3.8) is 0 Å². The van der Waals surface area contributed by atoms with Crippen LogP contribution < -0.4 is 11.2 Å². The number of nitrogens with two attached hydrogens (primary N) is 1. The predicted octanol–water partition coefficient (Wildman–Crippen LogP) is -0.448. The van der Waals surface area contributed by atoms with Crippen LogP contribution in [-0.2, 0) is 0 Å². The van der Waals surface area contributed by atoms with Gasteiger partial charge in [0.2, 0.25) is 0 Å². The predicted molar refractivity (Wildman–Crippen MR) is 51.7 cm³/mol. The summed E-state index contributed by atoms with van der Waals surface area (Å²) >= 11 is 0. The maximum atomic E-state index is 10.3. The Hall–Kier alpha value is -2.42. The van der Waals surface area contributed by atoms with E-state index in [1.54, 1.807) is 0 Å². The monoisotopic (exact) mass is 228 g/mol. The number of aliphatic hydroxyl groups excluding tert-OH is 1. The zero-order valence-corrected chi connectivity index (χ0v) is 7.91. The van der Waals surface area contributed by atoms with Crippen LogP contribution in [0, 0.1) is 10.1 Å². The van der Waals surface area contributed by atoms with Gasteiger partial charge in [-0.15, -0.1) is 0 Å². The van der Waals surface area contributed by atoms with Crippen molar-refractivity contribution in [3.8, 4) is 0 Å². The highest BCUT2D eigenvalue weighted by Gasteiger charge is 2.15. The minimum atomic E-state index is -0.924. The molecule has 0 saturated heterocycles. The van der Waals surface area contributed by atoms with Gasteiger partial charge in [0, 0.05) is 0 Å². The number of hydrazone groups is 1. The minimum absolute atomic E-state index is 0.0250. The summed E-state index contributed by atoms with van der Waals surface area (Å²) in [6, 6.07) is 1.42. The molecule has 9 nitrogen and oxygen atoms in total. The lowest BCUT2D eigenvalue weighted by molar-refractivity contribution is -0.402. The average molecular weight is 228 g/mol. The number of primary amides is 1. The summed E-state index contributed by atoms with van der Waals surface area (Å²) in [7, 11) is 0. The van der Waals surface area contributed by atoms with E-state index in [0.29, 0.717) is 0 Å². The fourth-order valence-electron chi connectivity index (χ4n) is 0.872. The van der Waals surface area contributed by atoms with Crippen molar-refractivity contribution < 1.29 is 19.2 Å². The first-order valence-corrected chi connectivity index (χ1v) is 4.02.